The molecule has 2 aromatic rings. The van der Waals surface area contributed by atoms with Crippen molar-refractivity contribution in [3.8, 4) is 11.5 Å². The molecule has 0 aliphatic rings. The van der Waals surface area contributed by atoms with Gasteiger partial charge in [0.25, 0.3) is 5.91 Å². The molecule has 0 fully saturated rings. The van der Waals surface area contributed by atoms with Crippen LogP contribution in [0.1, 0.15) is 12.5 Å². The SMILES string of the molecule is COc1ccc(/C=C/C(=O)OC(C)C(=O)Nc2ccc(F)c([N+](=O)[O-])c2)c(OC)c1. The highest BCUT2D eigenvalue weighted by Crippen LogP contribution is 2.25. The smallest absolute Gasteiger partial charge is 0.331 e. The van der Waals surface area contributed by atoms with Crippen LogP contribution in [0.15, 0.2) is 42.5 Å². The van der Waals surface area contributed by atoms with Gasteiger partial charge in [0.15, 0.2) is 6.10 Å². The van der Waals surface area contributed by atoms with E-state index in [9.17, 15) is 24.1 Å². The summed E-state index contributed by atoms with van der Waals surface area (Å²) in [5, 5.41) is 13.1. The lowest BCUT2D eigenvalue weighted by Gasteiger charge is -2.12. The van der Waals surface area contributed by atoms with E-state index in [2.05, 4.69) is 5.32 Å². The van der Waals surface area contributed by atoms with Gasteiger partial charge in [-0.2, -0.15) is 4.39 Å². The van der Waals surface area contributed by atoms with E-state index in [0.29, 0.717) is 17.1 Å². The summed E-state index contributed by atoms with van der Waals surface area (Å²) in [5.41, 5.74) is -0.200. The first-order chi connectivity index (χ1) is 14.2. The van der Waals surface area contributed by atoms with Crippen LogP contribution in [0.25, 0.3) is 6.08 Å². The van der Waals surface area contributed by atoms with Crippen LogP contribution in [0.2, 0.25) is 0 Å². The lowest BCUT2D eigenvalue weighted by molar-refractivity contribution is -0.387. The summed E-state index contributed by atoms with van der Waals surface area (Å²) in [5.74, 6) is -1.50. The lowest BCUT2D eigenvalue weighted by atomic mass is 10.1. The third kappa shape index (κ3) is 5.77. The lowest BCUT2D eigenvalue weighted by Crippen LogP contribution is -2.29. The number of nitro groups is 1. The first kappa shape index (κ1) is 22.3. The van der Waals surface area contributed by atoms with Crippen LogP contribution < -0.4 is 14.8 Å². The molecule has 0 heterocycles. The van der Waals surface area contributed by atoms with Gasteiger partial charge in [-0.3, -0.25) is 14.9 Å². The Labute approximate surface area is 171 Å². The Kier molecular flexibility index (Phi) is 7.45. The molecule has 0 aromatic heterocycles. The molecule has 9 nitrogen and oxygen atoms in total. The van der Waals surface area contributed by atoms with Crippen molar-refractivity contribution in [1.29, 1.82) is 0 Å². The molecule has 1 N–H and O–H groups in total. The monoisotopic (exact) mass is 418 g/mol. The third-order valence-electron chi connectivity index (χ3n) is 3.91. The number of hydrogen-bond acceptors (Lipinski definition) is 7. The van der Waals surface area contributed by atoms with E-state index in [1.165, 1.54) is 27.2 Å². The minimum absolute atomic E-state index is 0.00508. The molecule has 2 rings (SSSR count). The third-order valence-corrected chi connectivity index (χ3v) is 3.91. The number of benzene rings is 2. The molecule has 0 bridgehead atoms. The fraction of sp³-hybridized carbons (Fsp3) is 0.200. The maximum Gasteiger partial charge on any atom is 0.331 e. The van der Waals surface area contributed by atoms with E-state index < -0.39 is 34.4 Å². The zero-order valence-corrected chi connectivity index (χ0v) is 16.4. The van der Waals surface area contributed by atoms with Gasteiger partial charge in [-0.1, -0.05) is 0 Å². The molecule has 1 unspecified atom stereocenters. The number of carbonyl (C=O) groups is 2. The van der Waals surface area contributed by atoms with E-state index in [4.69, 9.17) is 14.2 Å². The molecule has 1 amide bonds. The van der Waals surface area contributed by atoms with Crippen molar-refractivity contribution in [3.05, 3.63) is 64.0 Å². The molecule has 0 radical (unpaired) electrons. The number of rotatable bonds is 8. The van der Waals surface area contributed by atoms with E-state index in [-0.39, 0.29) is 5.69 Å². The second kappa shape index (κ2) is 10.0. The summed E-state index contributed by atoms with van der Waals surface area (Å²) in [7, 11) is 2.98. The van der Waals surface area contributed by atoms with Crippen molar-refractivity contribution < 1.29 is 33.1 Å². The van der Waals surface area contributed by atoms with Crippen LogP contribution >= 0.6 is 0 Å². The van der Waals surface area contributed by atoms with Crippen molar-refractivity contribution in [3.63, 3.8) is 0 Å². The van der Waals surface area contributed by atoms with Crippen LogP contribution in [0.5, 0.6) is 11.5 Å². The first-order valence-corrected chi connectivity index (χ1v) is 8.60. The summed E-state index contributed by atoms with van der Waals surface area (Å²) < 4.78 is 28.7. The Morgan fingerprint density at radius 1 is 1.17 bits per heavy atom. The van der Waals surface area contributed by atoms with E-state index in [1.54, 1.807) is 18.2 Å². The minimum atomic E-state index is -1.20. The molecule has 0 saturated heterocycles. The number of nitrogens with zero attached hydrogens (tertiary/aromatic N) is 1. The number of nitrogens with one attached hydrogen (secondary N) is 1. The number of halogens is 1. The summed E-state index contributed by atoms with van der Waals surface area (Å²) in [6, 6.07) is 7.89. The zero-order valence-electron chi connectivity index (χ0n) is 16.4. The Bertz CT molecular complexity index is 991. The zero-order chi connectivity index (χ0) is 22.3. The highest BCUT2D eigenvalue weighted by atomic mass is 19.1. The van der Waals surface area contributed by atoms with E-state index in [1.807, 2.05) is 0 Å². The van der Waals surface area contributed by atoms with Gasteiger partial charge in [0.2, 0.25) is 5.82 Å². The van der Waals surface area contributed by atoms with Gasteiger partial charge in [-0.15, -0.1) is 0 Å². The molecule has 0 spiro atoms. The summed E-state index contributed by atoms with van der Waals surface area (Å²) in [6.07, 6.45) is 1.37. The van der Waals surface area contributed by atoms with Gasteiger partial charge in [0.1, 0.15) is 11.5 Å². The van der Waals surface area contributed by atoms with Gasteiger partial charge in [-0.25, -0.2) is 4.79 Å². The molecule has 2 aromatic carbocycles. The quantitative estimate of drug-likeness (QED) is 0.302. The van der Waals surface area contributed by atoms with Crippen molar-refractivity contribution >= 4 is 29.3 Å². The molecular formula is C20H19FN2O7. The summed E-state index contributed by atoms with van der Waals surface area (Å²) in [4.78, 5) is 34.0. The van der Waals surface area contributed by atoms with Gasteiger partial charge >= 0.3 is 11.7 Å². The molecule has 10 heteroatoms. The Balaban J connectivity index is 2.00. The van der Waals surface area contributed by atoms with Crippen molar-refractivity contribution in [2.45, 2.75) is 13.0 Å². The maximum atomic E-state index is 13.4. The second-order valence-corrected chi connectivity index (χ2v) is 5.93. The predicted octanol–water partition coefficient (Wildman–Crippen LogP) is 3.33. The van der Waals surface area contributed by atoms with E-state index in [0.717, 1.165) is 24.3 Å². The Morgan fingerprint density at radius 3 is 2.53 bits per heavy atom. The normalized spacial score (nSPS) is 11.6. The number of ether oxygens (including phenoxy) is 3. The average molecular weight is 418 g/mol. The summed E-state index contributed by atoms with van der Waals surface area (Å²) >= 11 is 0. The van der Waals surface area contributed by atoms with Crippen molar-refractivity contribution in [1.82, 2.24) is 0 Å². The molecule has 0 aliphatic heterocycles. The van der Waals surface area contributed by atoms with Crippen LogP contribution in [0.3, 0.4) is 0 Å². The van der Waals surface area contributed by atoms with Crippen LogP contribution in [-0.2, 0) is 14.3 Å². The predicted molar refractivity (Wildman–Crippen MR) is 106 cm³/mol. The number of anilines is 1. The Morgan fingerprint density at radius 2 is 1.90 bits per heavy atom. The van der Waals surface area contributed by atoms with Crippen LogP contribution in [0.4, 0.5) is 15.8 Å². The second-order valence-electron chi connectivity index (χ2n) is 5.93. The molecule has 30 heavy (non-hydrogen) atoms. The average Bonchev–Trinajstić information content (AvgIpc) is 2.73. The van der Waals surface area contributed by atoms with Gasteiger partial charge in [0.05, 0.1) is 19.1 Å². The number of esters is 1. The largest absolute Gasteiger partial charge is 0.497 e. The first-order valence-electron chi connectivity index (χ1n) is 8.60. The fourth-order valence-electron chi connectivity index (χ4n) is 2.36. The number of carbonyl (C=O) groups excluding carboxylic acids is 2. The molecule has 0 saturated carbocycles. The van der Waals surface area contributed by atoms with Crippen LogP contribution in [-0.4, -0.2) is 37.1 Å². The molecule has 158 valence electrons. The number of nitro benzene ring substituents is 1. The van der Waals surface area contributed by atoms with Gasteiger partial charge < -0.3 is 19.5 Å². The Hall–Kier alpha value is -3.95. The topological polar surface area (TPSA) is 117 Å². The van der Waals surface area contributed by atoms with Gasteiger partial charge in [0, 0.05) is 29.5 Å². The highest BCUT2D eigenvalue weighted by molar-refractivity contribution is 5.96. The number of amides is 1. The standard InChI is InChI=1S/C20H19FN2O7/c1-12(20(25)22-14-6-8-16(21)17(10-14)23(26)27)30-19(24)9-5-13-4-7-15(28-2)11-18(13)29-3/h4-12H,1-3H3,(H,22,25)/b9-5+. The fourth-order valence-corrected chi connectivity index (χ4v) is 2.36. The molecule has 1 atom stereocenters. The van der Waals surface area contributed by atoms with Crippen molar-refractivity contribution in [2.75, 3.05) is 19.5 Å². The van der Waals surface area contributed by atoms with Crippen LogP contribution in [0, 0.1) is 15.9 Å². The highest BCUT2D eigenvalue weighted by Gasteiger charge is 2.19. The van der Waals surface area contributed by atoms with E-state index >= 15 is 0 Å². The number of methoxy groups -OCH3 is 2. The molecule has 0 aliphatic carbocycles. The number of hydrogen-bond donors (Lipinski definition) is 1. The maximum absolute atomic E-state index is 13.4. The molecular weight excluding hydrogens is 399 g/mol. The minimum Gasteiger partial charge on any atom is -0.497 e. The van der Waals surface area contributed by atoms with Gasteiger partial charge in [-0.05, 0) is 37.3 Å². The van der Waals surface area contributed by atoms with Crippen molar-refractivity contribution in [2.24, 2.45) is 0 Å². The summed E-state index contributed by atoms with van der Waals surface area (Å²) in [6.45, 7) is 1.33.